The van der Waals surface area contributed by atoms with Gasteiger partial charge in [0.2, 0.25) is 5.91 Å². The van der Waals surface area contributed by atoms with Gasteiger partial charge in [-0.1, -0.05) is 26.0 Å². The highest BCUT2D eigenvalue weighted by Gasteiger charge is 2.32. The number of pyridine rings is 1. The number of piperazine rings is 1. The first-order valence-electron chi connectivity index (χ1n) is 10.7. The minimum atomic E-state index is 0.0144. The first kappa shape index (κ1) is 19.2. The number of fused-ring (bicyclic) bond motifs is 1. The molecule has 2 aromatic rings. The standard InChI is InChI=1S/C23H31N3O2/c1-3-18-14-19-7-5-17(13-21(19)24-22(18)27)15-25-8-10-26(11-9-25)23(28)20-6-4-16(2)12-20/h5,7,13-14,16,20H,3-4,6,8-12,15H2,1-2H3,(H,24,27). The van der Waals surface area contributed by atoms with Crippen molar-refractivity contribution in [3.8, 4) is 0 Å². The summed E-state index contributed by atoms with van der Waals surface area (Å²) in [5, 5.41) is 1.08. The average Bonchev–Trinajstić information content (AvgIpc) is 3.14. The molecule has 5 heteroatoms. The first-order chi connectivity index (χ1) is 13.5. The van der Waals surface area contributed by atoms with Crippen molar-refractivity contribution in [3.05, 3.63) is 45.7 Å². The number of benzene rings is 1. The Morgan fingerprint density at radius 2 is 1.93 bits per heavy atom. The number of aromatic amines is 1. The summed E-state index contributed by atoms with van der Waals surface area (Å²) in [6.45, 7) is 8.60. The van der Waals surface area contributed by atoms with E-state index in [2.05, 4.69) is 39.9 Å². The second-order valence-corrected chi connectivity index (χ2v) is 8.62. The molecule has 0 radical (unpaired) electrons. The van der Waals surface area contributed by atoms with Crippen LogP contribution in [0.15, 0.2) is 29.1 Å². The van der Waals surface area contributed by atoms with Crippen LogP contribution in [0.2, 0.25) is 0 Å². The fourth-order valence-electron chi connectivity index (χ4n) is 4.73. The molecule has 1 N–H and O–H groups in total. The van der Waals surface area contributed by atoms with E-state index in [0.29, 0.717) is 11.8 Å². The molecule has 2 unspecified atom stereocenters. The Morgan fingerprint density at radius 3 is 2.61 bits per heavy atom. The zero-order valence-electron chi connectivity index (χ0n) is 17.0. The van der Waals surface area contributed by atoms with Crippen LogP contribution >= 0.6 is 0 Å². The van der Waals surface area contributed by atoms with E-state index >= 15 is 0 Å². The smallest absolute Gasteiger partial charge is 0.251 e. The van der Waals surface area contributed by atoms with Gasteiger partial charge in [0.25, 0.3) is 5.56 Å². The average molecular weight is 382 g/mol. The number of rotatable bonds is 4. The van der Waals surface area contributed by atoms with E-state index < -0.39 is 0 Å². The lowest BCUT2D eigenvalue weighted by molar-refractivity contribution is -0.137. The van der Waals surface area contributed by atoms with E-state index in [0.717, 1.165) is 68.5 Å². The molecule has 1 saturated heterocycles. The van der Waals surface area contributed by atoms with Crippen LogP contribution in [0.25, 0.3) is 10.9 Å². The number of H-pyrrole nitrogens is 1. The summed E-state index contributed by atoms with van der Waals surface area (Å²) in [4.78, 5) is 32.3. The molecule has 1 aromatic carbocycles. The van der Waals surface area contributed by atoms with Gasteiger partial charge in [0.05, 0.1) is 0 Å². The first-order valence-corrected chi connectivity index (χ1v) is 10.7. The molecule has 2 atom stereocenters. The zero-order valence-corrected chi connectivity index (χ0v) is 17.0. The maximum Gasteiger partial charge on any atom is 0.251 e. The predicted molar refractivity (Wildman–Crippen MR) is 112 cm³/mol. The van der Waals surface area contributed by atoms with Crippen LogP contribution < -0.4 is 5.56 Å². The summed E-state index contributed by atoms with van der Waals surface area (Å²) in [6.07, 6.45) is 4.07. The van der Waals surface area contributed by atoms with Crippen molar-refractivity contribution in [1.82, 2.24) is 14.8 Å². The molecule has 2 aliphatic rings. The van der Waals surface area contributed by atoms with E-state index in [1.54, 1.807) is 0 Å². The molecular weight excluding hydrogens is 350 g/mol. The number of aryl methyl sites for hydroxylation is 1. The van der Waals surface area contributed by atoms with Crippen LogP contribution in [0, 0.1) is 11.8 Å². The fraction of sp³-hybridized carbons (Fsp3) is 0.565. The number of hydrogen-bond acceptors (Lipinski definition) is 3. The Labute approximate surface area is 166 Å². The van der Waals surface area contributed by atoms with E-state index in [9.17, 15) is 9.59 Å². The molecule has 2 fully saturated rings. The van der Waals surface area contributed by atoms with Crippen LogP contribution in [0.1, 0.15) is 44.2 Å². The van der Waals surface area contributed by atoms with Crippen molar-refractivity contribution in [1.29, 1.82) is 0 Å². The summed E-state index contributed by atoms with van der Waals surface area (Å²) in [6, 6.07) is 8.33. The minimum absolute atomic E-state index is 0.0144. The van der Waals surface area contributed by atoms with Crippen molar-refractivity contribution in [2.45, 2.75) is 46.1 Å². The number of hydrogen-bond donors (Lipinski definition) is 1. The van der Waals surface area contributed by atoms with Crippen LogP contribution in [-0.4, -0.2) is 46.9 Å². The molecule has 1 amide bonds. The number of carbonyl (C=O) groups is 1. The van der Waals surface area contributed by atoms with Gasteiger partial charge in [0.15, 0.2) is 0 Å². The lowest BCUT2D eigenvalue weighted by atomic mass is 10.0. The number of nitrogens with one attached hydrogen (secondary N) is 1. The van der Waals surface area contributed by atoms with Gasteiger partial charge in [-0.15, -0.1) is 0 Å². The Bertz CT molecular complexity index is 912. The Balaban J connectivity index is 1.37. The van der Waals surface area contributed by atoms with Gasteiger partial charge in [0, 0.05) is 49.7 Å². The lowest BCUT2D eigenvalue weighted by Gasteiger charge is -2.36. The molecule has 1 aliphatic carbocycles. The molecule has 150 valence electrons. The van der Waals surface area contributed by atoms with Gasteiger partial charge >= 0.3 is 0 Å². The van der Waals surface area contributed by atoms with Gasteiger partial charge < -0.3 is 9.88 Å². The third kappa shape index (κ3) is 4.00. The maximum absolute atomic E-state index is 12.7. The number of nitrogens with zero attached hydrogens (tertiary/aromatic N) is 2. The number of amides is 1. The predicted octanol–water partition coefficient (Wildman–Crippen LogP) is 3.17. The summed E-state index contributed by atoms with van der Waals surface area (Å²) in [7, 11) is 0. The summed E-state index contributed by atoms with van der Waals surface area (Å²) in [5.74, 6) is 1.33. The van der Waals surface area contributed by atoms with Crippen molar-refractivity contribution in [2.75, 3.05) is 26.2 Å². The topological polar surface area (TPSA) is 56.4 Å². The zero-order chi connectivity index (χ0) is 19.7. The monoisotopic (exact) mass is 381 g/mol. The highest BCUT2D eigenvalue weighted by atomic mass is 16.2. The van der Waals surface area contributed by atoms with Crippen LogP contribution in [0.3, 0.4) is 0 Å². The molecule has 0 spiro atoms. The van der Waals surface area contributed by atoms with E-state index in [4.69, 9.17) is 0 Å². The molecule has 4 rings (SSSR count). The third-order valence-corrected chi connectivity index (χ3v) is 6.50. The van der Waals surface area contributed by atoms with Gasteiger partial charge in [-0.2, -0.15) is 0 Å². The lowest BCUT2D eigenvalue weighted by Crippen LogP contribution is -2.49. The largest absolute Gasteiger partial charge is 0.340 e. The molecule has 1 saturated carbocycles. The van der Waals surface area contributed by atoms with E-state index in [1.807, 2.05) is 13.0 Å². The second-order valence-electron chi connectivity index (χ2n) is 8.62. The van der Waals surface area contributed by atoms with Gasteiger partial charge in [-0.25, -0.2) is 0 Å². The molecular formula is C23H31N3O2. The molecule has 1 aromatic heterocycles. The Kier molecular flexibility index (Phi) is 5.54. The van der Waals surface area contributed by atoms with Gasteiger partial charge in [-0.3, -0.25) is 14.5 Å². The highest BCUT2D eigenvalue weighted by Crippen LogP contribution is 2.31. The van der Waals surface area contributed by atoms with Crippen molar-refractivity contribution >= 4 is 16.8 Å². The summed E-state index contributed by atoms with van der Waals surface area (Å²) in [5.41, 5.74) is 2.96. The molecule has 0 bridgehead atoms. The van der Waals surface area contributed by atoms with Crippen LogP contribution in [0.4, 0.5) is 0 Å². The fourth-order valence-corrected chi connectivity index (χ4v) is 4.73. The molecule has 5 nitrogen and oxygen atoms in total. The van der Waals surface area contributed by atoms with E-state index in [1.165, 1.54) is 12.0 Å². The second kappa shape index (κ2) is 8.08. The van der Waals surface area contributed by atoms with Crippen molar-refractivity contribution in [3.63, 3.8) is 0 Å². The number of aromatic nitrogens is 1. The van der Waals surface area contributed by atoms with Crippen molar-refractivity contribution < 1.29 is 4.79 Å². The minimum Gasteiger partial charge on any atom is -0.340 e. The molecule has 2 heterocycles. The van der Waals surface area contributed by atoms with Crippen molar-refractivity contribution in [2.24, 2.45) is 11.8 Å². The van der Waals surface area contributed by atoms with Gasteiger partial charge in [-0.05, 0) is 54.7 Å². The Morgan fingerprint density at radius 1 is 1.14 bits per heavy atom. The quantitative estimate of drug-likeness (QED) is 0.885. The molecule has 1 aliphatic heterocycles. The maximum atomic E-state index is 12.7. The van der Waals surface area contributed by atoms with Crippen LogP contribution in [-0.2, 0) is 17.8 Å². The Hall–Kier alpha value is -2.14. The summed E-state index contributed by atoms with van der Waals surface area (Å²) >= 11 is 0. The molecule has 28 heavy (non-hydrogen) atoms. The van der Waals surface area contributed by atoms with Gasteiger partial charge in [0.1, 0.15) is 0 Å². The SMILES string of the molecule is CCc1cc2ccc(CN3CCN(C(=O)C4CCC(C)C4)CC3)cc2[nH]c1=O. The van der Waals surface area contributed by atoms with E-state index in [-0.39, 0.29) is 11.5 Å². The van der Waals surface area contributed by atoms with Crippen LogP contribution in [0.5, 0.6) is 0 Å². The summed E-state index contributed by atoms with van der Waals surface area (Å²) < 4.78 is 0. The highest BCUT2D eigenvalue weighted by molar-refractivity contribution is 5.80. The normalized spacial score (nSPS) is 23.4. The number of carbonyl (C=O) groups excluding carboxylic acids is 1. The third-order valence-electron chi connectivity index (χ3n) is 6.50.